The lowest BCUT2D eigenvalue weighted by molar-refractivity contribution is 0.143. The molecule has 19 heavy (non-hydrogen) atoms. The zero-order valence-electron chi connectivity index (χ0n) is 14.2. The van der Waals surface area contributed by atoms with E-state index in [-0.39, 0.29) is 5.04 Å². The highest BCUT2D eigenvalue weighted by Crippen LogP contribution is 2.40. The molecule has 0 aromatic rings. The SMILES string of the molecule is CCCCCO[Si](CC)(OCCCCC)C(C)(C)C. The lowest BCUT2D eigenvalue weighted by Crippen LogP contribution is -2.50. The van der Waals surface area contributed by atoms with Crippen molar-refractivity contribution in [1.82, 2.24) is 0 Å². The Kier molecular flexibility index (Phi) is 10.0. The molecule has 0 unspecified atom stereocenters. The molecule has 0 saturated heterocycles. The Balaban J connectivity index is 4.43. The number of hydrogen-bond donors (Lipinski definition) is 0. The summed E-state index contributed by atoms with van der Waals surface area (Å²) in [5, 5.41) is 0.153. The maximum atomic E-state index is 6.34. The van der Waals surface area contributed by atoms with E-state index in [0.717, 1.165) is 19.3 Å². The zero-order chi connectivity index (χ0) is 14.8. The van der Waals surface area contributed by atoms with E-state index in [4.69, 9.17) is 8.85 Å². The molecule has 0 atom stereocenters. The molecule has 0 bridgehead atoms. The monoisotopic (exact) mass is 288 g/mol. The first-order valence-electron chi connectivity index (χ1n) is 8.21. The summed E-state index contributed by atoms with van der Waals surface area (Å²) >= 11 is 0. The summed E-state index contributed by atoms with van der Waals surface area (Å²) < 4.78 is 12.7. The summed E-state index contributed by atoms with van der Waals surface area (Å²) in [5.74, 6) is 0. The average molecular weight is 289 g/mol. The van der Waals surface area contributed by atoms with Crippen LogP contribution in [0.4, 0.5) is 0 Å². The van der Waals surface area contributed by atoms with Gasteiger partial charge in [-0.25, -0.2) is 0 Å². The Bertz CT molecular complexity index is 199. The molecule has 0 saturated carbocycles. The minimum absolute atomic E-state index is 0.153. The smallest absolute Gasteiger partial charge is 0.343 e. The first kappa shape index (κ1) is 19.1. The van der Waals surface area contributed by atoms with Crippen LogP contribution >= 0.6 is 0 Å². The Morgan fingerprint density at radius 3 is 1.42 bits per heavy atom. The Morgan fingerprint density at radius 1 is 0.737 bits per heavy atom. The van der Waals surface area contributed by atoms with Crippen molar-refractivity contribution in [3.8, 4) is 0 Å². The van der Waals surface area contributed by atoms with Gasteiger partial charge in [-0.2, -0.15) is 0 Å². The van der Waals surface area contributed by atoms with Crippen LogP contribution < -0.4 is 0 Å². The van der Waals surface area contributed by atoms with Gasteiger partial charge in [-0.1, -0.05) is 67.2 Å². The molecular formula is C16H36O2Si. The third-order valence-corrected chi connectivity index (χ3v) is 8.33. The first-order valence-corrected chi connectivity index (χ1v) is 10.2. The molecule has 116 valence electrons. The summed E-state index contributed by atoms with van der Waals surface area (Å²) in [6, 6.07) is 1.05. The summed E-state index contributed by atoms with van der Waals surface area (Å²) in [6.07, 6.45) is 7.34. The Hall–Kier alpha value is 0.137. The fourth-order valence-corrected chi connectivity index (χ4v) is 5.75. The van der Waals surface area contributed by atoms with Crippen molar-refractivity contribution < 1.29 is 8.85 Å². The zero-order valence-corrected chi connectivity index (χ0v) is 15.2. The number of hydrogen-bond acceptors (Lipinski definition) is 2. The van der Waals surface area contributed by atoms with Gasteiger partial charge in [0.1, 0.15) is 0 Å². The second-order valence-corrected chi connectivity index (χ2v) is 10.8. The Morgan fingerprint density at radius 2 is 1.16 bits per heavy atom. The predicted octanol–water partition coefficient (Wildman–Crippen LogP) is 5.66. The fourth-order valence-electron chi connectivity index (χ4n) is 2.39. The van der Waals surface area contributed by atoms with Gasteiger partial charge in [-0.05, 0) is 18.9 Å². The van der Waals surface area contributed by atoms with Crippen LogP contribution in [0.2, 0.25) is 11.1 Å². The van der Waals surface area contributed by atoms with E-state index in [1.807, 2.05) is 0 Å². The number of unbranched alkanes of at least 4 members (excludes halogenated alkanes) is 4. The van der Waals surface area contributed by atoms with Crippen molar-refractivity contribution in [2.45, 2.75) is 91.1 Å². The minimum Gasteiger partial charge on any atom is -0.394 e. The highest BCUT2D eigenvalue weighted by molar-refractivity contribution is 6.70. The lowest BCUT2D eigenvalue weighted by Gasteiger charge is -2.40. The van der Waals surface area contributed by atoms with Crippen molar-refractivity contribution in [3.63, 3.8) is 0 Å². The molecular weight excluding hydrogens is 252 g/mol. The van der Waals surface area contributed by atoms with Gasteiger partial charge >= 0.3 is 8.56 Å². The molecule has 0 aliphatic heterocycles. The van der Waals surface area contributed by atoms with E-state index in [2.05, 4.69) is 41.5 Å². The van der Waals surface area contributed by atoms with E-state index in [1.165, 1.54) is 38.5 Å². The largest absolute Gasteiger partial charge is 0.394 e. The van der Waals surface area contributed by atoms with Gasteiger partial charge < -0.3 is 8.85 Å². The van der Waals surface area contributed by atoms with Crippen LogP contribution in [0.5, 0.6) is 0 Å². The van der Waals surface area contributed by atoms with E-state index >= 15 is 0 Å². The molecule has 0 aliphatic rings. The van der Waals surface area contributed by atoms with Crippen LogP contribution in [-0.4, -0.2) is 21.8 Å². The van der Waals surface area contributed by atoms with Crippen LogP contribution in [0.15, 0.2) is 0 Å². The third-order valence-electron chi connectivity index (χ3n) is 3.77. The van der Waals surface area contributed by atoms with Crippen LogP contribution in [0.3, 0.4) is 0 Å². The third kappa shape index (κ3) is 6.91. The van der Waals surface area contributed by atoms with Gasteiger partial charge in [0.15, 0.2) is 0 Å². The Labute approximate surface area is 122 Å². The van der Waals surface area contributed by atoms with Gasteiger partial charge in [-0.3, -0.25) is 0 Å². The second-order valence-electron chi connectivity index (χ2n) is 6.47. The van der Waals surface area contributed by atoms with Crippen LogP contribution in [0.25, 0.3) is 0 Å². The maximum Gasteiger partial charge on any atom is 0.343 e. The standard InChI is InChI=1S/C16H36O2Si/c1-7-10-12-14-17-19(9-3,16(4,5)6)18-15-13-11-8-2/h7-15H2,1-6H3. The van der Waals surface area contributed by atoms with Crippen molar-refractivity contribution in [1.29, 1.82) is 0 Å². The quantitative estimate of drug-likeness (QED) is 0.360. The van der Waals surface area contributed by atoms with Crippen LogP contribution in [-0.2, 0) is 8.85 Å². The molecule has 0 N–H and O–H groups in total. The molecule has 2 nitrogen and oxygen atoms in total. The summed E-state index contributed by atoms with van der Waals surface area (Å²) in [6.45, 7) is 15.3. The fraction of sp³-hybridized carbons (Fsp3) is 1.00. The summed E-state index contributed by atoms with van der Waals surface area (Å²) in [4.78, 5) is 0. The molecule has 0 rings (SSSR count). The normalized spacial score (nSPS) is 12.9. The van der Waals surface area contributed by atoms with Crippen molar-refractivity contribution in [2.75, 3.05) is 13.2 Å². The van der Waals surface area contributed by atoms with E-state index < -0.39 is 8.56 Å². The van der Waals surface area contributed by atoms with Gasteiger partial charge in [-0.15, -0.1) is 0 Å². The molecule has 0 heterocycles. The van der Waals surface area contributed by atoms with Gasteiger partial charge in [0, 0.05) is 18.3 Å². The first-order chi connectivity index (χ1) is 8.93. The topological polar surface area (TPSA) is 18.5 Å². The number of rotatable bonds is 11. The molecule has 3 heteroatoms. The van der Waals surface area contributed by atoms with Crippen molar-refractivity contribution in [2.24, 2.45) is 0 Å². The van der Waals surface area contributed by atoms with E-state index in [1.54, 1.807) is 0 Å². The van der Waals surface area contributed by atoms with Crippen molar-refractivity contribution in [3.05, 3.63) is 0 Å². The summed E-state index contributed by atoms with van der Waals surface area (Å²) in [5.41, 5.74) is 0. The van der Waals surface area contributed by atoms with Crippen molar-refractivity contribution >= 4 is 8.56 Å². The van der Waals surface area contributed by atoms with E-state index in [0.29, 0.717) is 0 Å². The molecule has 0 aromatic carbocycles. The van der Waals surface area contributed by atoms with Gasteiger partial charge in [0.25, 0.3) is 0 Å². The molecule has 0 fully saturated rings. The summed E-state index contributed by atoms with van der Waals surface area (Å²) in [7, 11) is -2.07. The lowest BCUT2D eigenvalue weighted by atomic mass is 10.2. The van der Waals surface area contributed by atoms with Gasteiger partial charge in [0.05, 0.1) is 0 Å². The highest BCUT2D eigenvalue weighted by Gasteiger charge is 2.47. The molecule has 0 radical (unpaired) electrons. The maximum absolute atomic E-state index is 6.34. The molecule has 0 aromatic heterocycles. The highest BCUT2D eigenvalue weighted by atomic mass is 28.4. The van der Waals surface area contributed by atoms with Crippen LogP contribution in [0, 0.1) is 0 Å². The molecule has 0 spiro atoms. The molecule has 0 amide bonds. The minimum atomic E-state index is -2.07. The predicted molar refractivity (Wildman–Crippen MR) is 86.9 cm³/mol. The second kappa shape index (κ2) is 9.95. The molecule has 0 aliphatic carbocycles. The van der Waals surface area contributed by atoms with E-state index in [9.17, 15) is 0 Å². The average Bonchev–Trinajstić information content (AvgIpc) is 2.35. The van der Waals surface area contributed by atoms with Gasteiger partial charge in [0.2, 0.25) is 0 Å². The van der Waals surface area contributed by atoms with Crippen LogP contribution in [0.1, 0.15) is 80.1 Å².